The minimum atomic E-state index is -3.34. The maximum atomic E-state index is 14.2. The third-order valence-corrected chi connectivity index (χ3v) is 9.92. The van der Waals surface area contributed by atoms with Gasteiger partial charge in [0.05, 0.1) is 41.1 Å². The first kappa shape index (κ1) is 30.5. The minimum absolute atomic E-state index is 0.0136. The number of likely N-dealkylation sites (tertiary alicyclic amines) is 1. The number of sulfone groups is 1. The predicted octanol–water partition coefficient (Wildman–Crippen LogP) is 3.07. The van der Waals surface area contributed by atoms with E-state index >= 15 is 0 Å². The molecule has 0 aromatic carbocycles. The maximum absolute atomic E-state index is 14.2. The molecule has 2 fully saturated rings. The molecule has 0 spiro atoms. The first-order valence-corrected chi connectivity index (χ1v) is 16.3. The molecule has 3 aromatic heterocycles. The van der Waals surface area contributed by atoms with Crippen molar-refractivity contribution in [1.29, 1.82) is 0 Å². The van der Waals surface area contributed by atoms with Crippen LogP contribution in [0.3, 0.4) is 0 Å². The van der Waals surface area contributed by atoms with Gasteiger partial charge in [0.25, 0.3) is 0 Å². The molecule has 0 radical (unpaired) electrons. The van der Waals surface area contributed by atoms with Crippen LogP contribution in [0.1, 0.15) is 63.7 Å². The first-order valence-electron chi connectivity index (χ1n) is 14.6. The van der Waals surface area contributed by atoms with Crippen LogP contribution in [0.5, 0.6) is 5.88 Å². The molecule has 1 N–H and O–H groups in total. The molecule has 1 saturated carbocycles. The molecule has 5 rings (SSSR count). The zero-order valence-corrected chi connectivity index (χ0v) is 25.5. The summed E-state index contributed by atoms with van der Waals surface area (Å²) in [6, 6.07) is 5.13. The Labute approximate surface area is 251 Å². The third-order valence-electron chi connectivity index (χ3n) is 7.78. The fraction of sp³-hybridized carbons (Fsp3) is 0.500. The van der Waals surface area contributed by atoms with Crippen molar-refractivity contribution in [1.82, 2.24) is 35.1 Å². The number of hydrogen-bond donors (Lipinski definition) is 1. The van der Waals surface area contributed by atoms with Crippen LogP contribution in [0.4, 0.5) is 4.79 Å². The summed E-state index contributed by atoms with van der Waals surface area (Å²) < 4.78 is 30.8. The van der Waals surface area contributed by atoms with Crippen LogP contribution >= 0.6 is 0 Å². The lowest BCUT2D eigenvalue weighted by molar-refractivity contribution is -0.125. The molecular weight excluding hydrogens is 570 g/mol. The van der Waals surface area contributed by atoms with Gasteiger partial charge in [-0.3, -0.25) is 14.8 Å². The number of aromatic nitrogens is 5. The Morgan fingerprint density at radius 3 is 2.49 bits per heavy atom. The second-order valence-electron chi connectivity index (χ2n) is 11.4. The Morgan fingerprint density at radius 2 is 1.84 bits per heavy atom. The van der Waals surface area contributed by atoms with E-state index in [0.29, 0.717) is 68.3 Å². The van der Waals surface area contributed by atoms with Gasteiger partial charge in [-0.25, -0.2) is 28.2 Å². The molecule has 0 atom stereocenters. The lowest BCUT2D eigenvalue weighted by Gasteiger charge is -2.40. The quantitative estimate of drug-likeness (QED) is 0.343. The van der Waals surface area contributed by atoms with E-state index < -0.39 is 15.3 Å². The first-order chi connectivity index (χ1) is 20.6. The van der Waals surface area contributed by atoms with Crippen LogP contribution in [0.25, 0.3) is 11.3 Å². The highest BCUT2D eigenvalue weighted by atomic mass is 32.2. The van der Waals surface area contributed by atoms with E-state index in [1.807, 2.05) is 26.8 Å². The van der Waals surface area contributed by atoms with Gasteiger partial charge in [0.15, 0.2) is 15.6 Å². The number of urea groups is 1. The summed E-state index contributed by atoms with van der Waals surface area (Å²) >= 11 is 0. The fourth-order valence-electron chi connectivity index (χ4n) is 5.29. The SMILES string of the molecule is CCOc1cncc(-c2ccc(CC(=O)C3(c4ccnc(CS(=O)(=O)C5CC5)n4)CCN(C(=O)NC(C)C)CC3)nc2)n1. The molecule has 43 heavy (non-hydrogen) atoms. The van der Waals surface area contributed by atoms with Gasteiger partial charge in [-0.2, -0.15) is 0 Å². The molecule has 13 heteroatoms. The summed E-state index contributed by atoms with van der Waals surface area (Å²) in [6.07, 6.45) is 8.41. The van der Waals surface area contributed by atoms with Gasteiger partial charge in [0.1, 0.15) is 11.6 Å². The molecule has 2 amide bonds. The number of carbonyl (C=O) groups excluding carboxylic acids is 2. The summed E-state index contributed by atoms with van der Waals surface area (Å²) in [5.41, 5.74) is 1.38. The largest absolute Gasteiger partial charge is 0.477 e. The van der Waals surface area contributed by atoms with Crippen LogP contribution in [-0.4, -0.2) is 81.0 Å². The van der Waals surface area contributed by atoms with Crippen LogP contribution in [0.15, 0.2) is 43.0 Å². The van der Waals surface area contributed by atoms with Gasteiger partial charge in [0.2, 0.25) is 5.88 Å². The lowest BCUT2D eigenvalue weighted by Crippen LogP contribution is -2.53. The standard InChI is InChI=1S/C30H37N7O5S/c1-4-42-28-18-31-17-24(35-28)21-5-6-22(33-16-21)15-26(38)30(10-13-37(14-11-30)29(39)34-20(2)3)25-9-12-32-27(36-25)19-43(40,41)23-7-8-23/h5-6,9,12,16-18,20,23H,4,7-8,10-11,13-15,19H2,1-3H3,(H,34,39). The molecule has 12 nitrogen and oxygen atoms in total. The van der Waals surface area contributed by atoms with E-state index in [1.54, 1.807) is 35.6 Å². The highest BCUT2D eigenvalue weighted by Gasteiger charge is 2.45. The van der Waals surface area contributed by atoms with E-state index in [2.05, 4.69) is 30.2 Å². The number of piperidine rings is 1. The van der Waals surface area contributed by atoms with Crippen molar-refractivity contribution in [2.75, 3.05) is 19.7 Å². The zero-order valence-electron chi connectivity index (χ0n) is 24.7. The predicted molar refractivity (Wildman–Crippen MR) is 159 cm³/mol. The number of ketones is 1. The van der Waals surface area contributed by atoms with Crippen LogP contribution < -0.4 is 10.1 Å². The van der Waals surface area contributed by atoms with E-state index in [4.69, 9.17) is 4.74 Å². The number of rotatable bonds is 11. The van der Waals surface area contributed by atoms with Gasteiger partial charge < -0.3 is 15.0 Å². The van der Waals surface area contributed by atoms with Crippen LogP contribution in [0.2, 0.25) is 0 Å². The van der Waals surface area contributed by atoms with Gasteiger partial charge in [-0.05, 0) is 64.7 Å². The number of nitrogens with one attached hydrogen (secondary N) is 1. The van der Waals surface area contributed by atoms with E-state index in [0.717, 1.165) is 5.56 Å². The highest BCUT2D eigenvalue weighted by Crippen LogP contribution is 2.37. The minimum Gasteiger partial charge on any atom is -0.477 e. The van der Waals surface area contributed by atoms with Gasteiger partial charge in [-0.15, -0.1) is 0 Å². The number of Topliss-reactive ketones (excluding diaryl/α,β-unsaturated/α-hetero) is 1. The van der Waals surface area contributed by atoms with Crippen LogP contribution in [0, 0.1) is 0 Å². The Balaban J connectivity index is 1.39. The van der Waals surface area contributed by atoms with E-state index in [9.17, 15) is 18.0 Å². The average Bonchev–Trinajstić information content (AvgIpc) is 3.84. The Bertz CT molecular complexity index is 1570. The Kier molecular flexibility index (Phi) is 9.00. The number of nitrogens with zero attached hydrogens (tertiary/aromatic N) is 6. The molecule has 4 heterocycles. The van der Waals surface area contributed by atoms with Gasteiger partial charge in [0, 0.05) is 49.2 Å². The van der Waals surface area contributed by atoms with Crippen molar-refractivity contribution < 1.29 is 22.7 Å². The Morgan fingerprint density at radius 1 is 1.07 bits per heavy atom. The van der Waals surface area contributed by atoms with Crippen molar-refractivity contribution in [3.63, 3.8) is 0 Å². The van der Waals surface area contributed by atoms with Crippen molar-refractivity contribution in [3.8, 4) is 17.1 Å². The number of pyridine rings is 1. The van der Waals surface area contributed by atoms with Crippen molar-refractivity contribution in [2.45, 2.75) is 75.3 Å². The topological polar surface area (TPSA) is 157 Å². The average molecular weight is 608 g/mol. The molecule has 2 aliphatic rings. The molecule has 228 valence electrons. The number of ether oxygens (including phenoxy) is 1. The highest BCUT2D eigenvalue weighted by molar-refractivity contribution is 7.91. The molecule has 1 saturated heterocycles. The Hall–Kier alpha value is -4.00. The van der Waals surface area contributed by atoms with Crippen LogP contribution in [-0.2, 0) is 32.2 Å². The molecule has 0 unspecified atom stereocenters. The maximum Gasteiger partial charge on any atom is 0.317 e. The molecular formula is C30H37N7O5S. The number of hydrogen-bond acceptors (Lipinski definition) is 10. The number of amides is 2. The molecule has 0 bridgehead atoms. The summed E-state index contributed by atoms with van der Waals surface area (Å²) in [5, 5.41) is 2.58. The smallest absolute Gasteiger partial charge is 0.317 e. The summed E-state index contributed by atoms with van der Waals surface area (Å²) in [7, 11) is -3.34. The normalized spacial score (nSPS) is 16.6. The molecule has 1 aliphatic carbocycles. The van der Waals surface area contributed by atoms with Crippen molar-refractivity contribution in [3.05, 3.63) is 60.2 Å². The fourth-order valence-corrected chi connectivity index (χ4v) is 6.88. The second kappa shape index (κ2) is 12.7. The lowest BCUT2D eigenvalue weighted by atomic mass is 9.71. The van der Waals surface area contributed by atoms with Gasteiger partial charge in [-0.1, -0.05) is 0 Å². The summed E-state index contributed by atoms with van der Waals surface area (Å²) in [6.45, 7) is 6.85. The van der Waals surface area contributed by atoms with Gasteiger partial charge >= 0.3 is 6.03 Å². The third kappa shape index (κ3) is 7.15. The monoisotopic (exact) mass is 607 g/mol. The molecule has 3 aromatic rings. The van der Waals surface area contributed by atoms with Crippen molar-refractivity contribution in [2.24, 2.45) is 0 Å². The second-order valence-corrected chi connectivity index (χ2v) is 13.6. The summed E-state index contributed by atoms with van der Waals surface area (Å²) in [4.78, 5) is 50.6. The summed E-state index contributed by atoms with van der Waals surface area (Å²) in [5.74, 6) is 0.262. The van der Waals surface area contributed by atoms with E-state index in [1.165, 1.54) is 6.20 Å². The number of carbonyl (C=O) groups is 2. The van der Waals surface area contributed by atoms with E-state index in [-0.39, 0.29) is 41.1 Å². The van der Waals surface area contributed by atoms with Crippen molar-refractivity contribution >= 4 is 21.7 Å². The molecule has 1 aliphatic heterocycles. The zero-order chi connectivity index (χ0) is 30.6.